The smallest absolute Gasteiger partial charge is 0.238 e. The fourth-order valence-electron chi connectivity index (χ4n) is 8.56. The monoisotopic (exact) mass is 746 g/mol. The standard InChI is InChI=1S/C51H30N4OS/c1-30-35-14-4-7-20-42(35)55(48-36(30)17-10-19-40(48)39-18-11-23-46-47(39)41-16-6-9-22-45(41)57-46)51-53-49(33-25-24-31-12-2-3-13-32(31)28-33)52-50(54-51)34-26-27-38-37-15-5-8-21-43(37)56-44(38)29-34/h2-29H,1H2. The number of aromatic nitrogens is 3. The van der Waals surface area contributed by atoms with Crippen LogP contribution in [-0.2, 0) is 0 Å². The first kappa shape index (κ1) is 31.9. The minimum Gasteiger partial charge on any atom is -0.456 e. The molecule has 57 heavy (non-hydrogen) atoms. The molecule has 11 aromatic rings. The molecule has 266 valence electrons. The summed E-state index contributed by atoms with van der Waals surface area (Å²) in [4.78, 5) is 18.2. The number of para-hydroxylation sites is 3. The van der Waals surface area contributed by atoms with Crippen molar-refractivity contribution in [1.82, 2.24) is 15.0 Å². The Morgan fingerprint density at radius 2 is 1.12 bits per heavy atom. The van der Waals surface area contributed by atoms with Gasteiger partial charge in [0.25, 0.3) is 0 Å². The molecule has 0 aliphatic carbocycles. The minimum absolute atomic E-state index is 0.517. The SMILES string of the molecule is C=C1c2ccccc2N(c2nc(-c3ccc4ccccc4c3)nc(-c3ccc4c(c3)oc3ccccc34)n2)c2c1cccc2-c1cccc2sc3ccccc3c12. The third kappa shape index (κ3) is 4.91. The van der Waals surface area contributed by atoms with Crippen molar-refractivity contribution < 1.29 is 4.42 Å². The number of hydrogen-bond donors (Lipinski definition) is 0. The molecule has 0 fully saturated rings. The van der Waals surface area contributed by atoms with E-state index in [2.05, 4.69) is 157 Å². The number of thiophene rings is 1. The van der Waals surface area contributed by atoms with Gasteiger partial charge in [-0.05, 0) is 64.4 Å². The van der Waals surface area contributed by atoms with E-state index in [9.17, 15) is 0 Å². The zero-order valence-corrected chi connectivity index (χ0v) is 31.3. The summed E-state index contributed by atoms with van der Waals surface area (Å²) in [6.07, 6.45) is 0. The molecule has 4 heterocycles. The van der Waals surface area contributed by atoms with Gasteiger partial charge in [-0.2, -0.15) is 9.97 Å². The van der Waals surface area contributed by atoms with Gasteiger partial charge in [-0.1, -0.05) is 134 Å². The van der Waals surface area contributed by atoms with E-state index in [0.29, 0.717) is 17.6 Å². The number of nitrogens with zero attached hydrogens (tertiary/aromatic N) is 4. The van der Waals surface area contributed by atoms with Crippen LogP contribution in [0.2, 0.25) is 0 Å². The van der Waals surface area contributed by atoms with E-state index in [-0.39, 0.29) is 0 Å². The van der Waals surface area contributed by atoms with Crippen LogP contribution in [0.1, 0.15) is 11.1 Å². The summed E-state index contributed by atoms with van der Waals surface area (Å²) in [5, 5.41) is 6.89. The van der Waals surface area contributed by atoms with Crippen molar-refractivity contribution in [2.45, 2.75) is 0 Å². The quantitative estimate of drug-likeness (QED) is 0.179. The third-order valence-electron chi connectivity index (χ3n) is 11.2. The zero-order valence-electron chi connectivity index (χ0n) is 30.5. The number of anilines is 3. The molecule has 6 heteroatoms. The van der Waals surface area contributed by atoms with Gasteiger partial charge in [-0.3, -0.25) is 4.90 Å². The van der Waals surface area contributed by atoms with Crippen LogP contribution in [0, 0.1) is 0 Å². The average molecular weight is 747 g/mol. The molecule has 5 nitrogen and oxygen atoms in total. The van der Waals surface area contributed by atoms with Gasteiger partial charge in [-0.15, -0.1) is 11.3 Å². The van der Waals surface area contributed by atoms with Crippen LogP contribution in [0.3, 0.4) is 0 Å². The molecule has 1 aliphatic rings. The van der Waals surface area contributed by atoms with Crippen LogP contribution in [0.15, 0.2) is 181 Å². The number of furan rings is 1. The van der Waals surface area contributed by atoms with Crippen LogP contribution in [0.5, 0.6) is 0 Å². The number of hydrogen-bond acceptors (Lipinski definition) is 6. The molecule has 1 aliphatic heterocycles. The number of benzene rings is 8. The maximum Gasteiger partial charge on any atom is 0.238 e. The van der Waals surface area contributed by atoms with E-state index in [1.807, 2.05) is 35.6 Å². The normalized spacial score (nSPS) is 12.6. The molecule has 0 amide bonds. The van der Waals surface area contributed by atoms with E-state index >= 15 is 0 Å². The van der Waals surface area contributed by atoms with Crippen molar-refractivity contribution in [1.29, 1.82) is 0 Å². The Labute approximate surface area is 331 Å². The summed E-state index contributed by atoms with van der Waals surface area (Å²) in [5.41, 5.74) is 10.6. The van der Waals surface area contributed by atoms with Gasteiger partial charge in [0.15, 0.2) is 11.6 Å². The molecule has 8 aromatic carbocycles. The summed E-state index contributed by atoms with van der Waals surface area (Å²) in [5.74, 6) is 1.65. The molecular weight excluding hydrogens is 717 g/mol. The second kappa shape index (κ2) is 12.3. The van der Waals surface area contributed by atoms with Gasteiger partial charge in [0.1, 0.15) is 11.2 Å². The molecule has 0 spiro atoms. The average Bonchev–Trinajstić information content (AvgIpc) is 3.84. The maximum atomic E-state index is 6.36. The van der Waals surface area contributed by atoms with Crippen molar-refractivity contribution in [3.05, 3.63) is 188 Å². The van der Waals surface area contributed by atoms with Crippen molar-refractivity contribution >= 4 is 87.1 Å². The molecule has 0 bridgehead atoms. The van der Waals surface area contributed by atoms with Crippen LogP contribution in [0.25, 0.3) is 92.4 Å². The van der Waals surface area contributed by atoms with E-state index in [4.69, 9.17) is 19.4 Å². The first-order chi connectivity index (χ1) is 28.2. The number of rotatable bonds is 4. The number of fused-ring (bicyclic) bond motifs is 9. The fraction of sp³-hybridized carbons (Fsp3) is 0. The summed E-state index contributed by atoms with van der Waals surface area (Å²) >= 11 is 1.82. The van der Waals surface area contributed by atoms with Crippen molar-refractivity contribution in [3.8, 4) is 33.9 Å². The Morgan fingerprint density at radius 3 is 2.04 bits per heavy atom. The lowest BCUT2D eigenvalue weighted by Gasteiger charge is -2.35. The molecule has 0 atom stereocenters. The highest BCUT2D eigenvalue weighted by molar-refractivity contribution is 7.25. The first-order valence-corrected chi connectivity index (χ1v) is 19.8. The topological polar surface area (TPSA) is 55.1 Å². The Hall–Kier alpha value is -7.41. The second-order valence-corrected chi connectivity index (χ2v) is 15.5. The maximum absolute atomic E-state index is 6.36. The predicted octanol–water partition coefficient (Wildman–Crippen LogP) is 14.1. The second-order valence-electron chi connectivity index (χ2n) is 14.5. The van der Waals surface area contributed by atoms with Crippen molar-refractivity contribution in [2.24, 2.45) is 0 Å². The van der Waals surface area contributed by atoms with Crippen LogP contribution >= 0.6 is 11.3 Å². The molecule has 12 rings (SSSR count). The minimum atomic E-state index is 0.517. The Morgan fingerprint density at radius 1 is 0.474 bits per heavy atom. The summed E-state index contributed by atoms with van der Waals surface area (Å²) in [6, 6.07) is 59.4. The molecule has 0 unspecified atom stereocenters. The molecule has 0 N–H and O–H groups in total. The van der Waals surface area contributed by atoms with Crippen molar-refractivity contribution in [3.63, 3.8) is 0 Å². The van der Waals surface area contributed by atoms with Crippen LogP contribution in [0.4, 0.5) is 17.3 Å². The van der Waals surface area contributed by atoms with Gasteiger partial charge >= 0.3 is 0 Å². The highest BCUT2D eigenvalue weighted by Crippen LogP contribution is 2.53. The predicted molar refractivity (Wildman–Crippen MR) is 237 cm³/mol. The molecule has 0 radical (unpaired) electrons. The van der Waals surface area contributed by atoms with Crippen LogP contribution in [-0.4, -0.2) is 15.0 Å². The largest absolute Gasteiger partial charge is 0.456 e. The first-order valence-electron chi connectivity index (χ1n) is 19.0. The Bertz CT molecular complexity index is 3470. The Kier molecular flexibility index (Phi) is 6.88. The molecule has 0 saturated carbocycles. The lowest BCUT2D eigenvalue weighted by molar-refractivity contribution is 0.669. The lowest BCUT2D eigenvalue weighted by atomic mass is 9.87. The zero-order chi connectivity index (χ0) is 37.6. The third-order valence-corrected chi connectivity index (χ3v) is 12.4. The van der Waals surface area contributed by atoms with E-state index < -0.39 is 0 Å². The van der Waals surface area contributed by atoms with Crippen LogP contribution < -0.4 is 4.90 Å². The Balaban J connectivity index is 1.14. The molecule has 3 aromatic heterocycles. The van der Waals surface area contributed by atoms with Gasteiger partial charge in [0.2, 0.25) is 5.95 Å². The highest BCUT2D eigenvalue weighted by Gasteiger charge is 2.32. The highest BCUT2D eigenvalue weighted by atomic mass is 32.1. The fourth-order valence-corrected chi connectivity index (χ4v) is 9.69. The van der Waals surface area contributed by atoms with Gasteiger partial charge in [0, 0.05) is 58.8 Å². The van der Waals surface area contributed by atoms with Crippen molar-refractivity contribution in [2.75, 3.05) is 4.90 Å². The van der Waals surface area contributed by atoms with Gasteiger partial charge < -0.3 is 4.42 Å². The van der Waals surface area contributed by atoms with E-state index in [1.54, 1.807) is 0 Å². The summed E-state index contributed by atoms with van der Waals surface area (Å²) in [7, 11) is 0. The summed E-state index contributed by atoms with van der Waals surface area (Å²) < 4.78 is 8.87. The summed E-state index contributed by atoms with van der Waals surface area (Å²) in [6.45, 7) is 4.68. The van der Waals surface area contributed by atoms with Gasteiger partial charge in [0.05, 0.1) is 11.4 Å². The van der Waals surface area contributed by atoms with E-state index in [1.165, 1.54) is 20.2 Å². The van der Waals surface area contributed by atoms with Gasteiger partial charge in [-0.25, -0.2) is 4.98 Å². The lowest BCUT2D eigenvalue weighted by Crippen LogP contribution is -2.21. The molecular formula is C51H30N4OS. The molecule has 0 saturated heterocycles. The van der Waals surface area contributed by atoms with E-state index in [0.717, 1.165) is 83.0 Å².